The minimum absolute atomic E-state index is 0.213. The largest absolute Gasteiger partial charge is 0.503 e. The molecule has 0 aromatic carbocycles. The van der Waals surface area contributed by atoms with Crippen molar-refractivity contribution in [3.05, 3.63) is 40.3 Å². The van der Waals surface area contributed by atoms with Crippen LogP contribution in [0.5, 0.6) is 5.75 Å². The van der Waals surface area contributed by atoms with Crippen molar-refractivity contribution in [3.8, 4) is 5.75 Å². The van der Waals surface area contributed by atoms with Gasteiger partial charge in [-0.05, 0) is 25.9 Å². The monoisotopic (exact) mass is 278 g/mol. The summed E-state index contributed by atoms with van der Waals surface area (Å²) >= 11 is 0. The third kappa shape index (κ3) is 3.11. The maximum absolute atomic E-state index is 11.8. The second-order valence-corrected chi connectivity index (χ2v) is 5.19. The molecule has 0 aliphatic carbocycles. The van der Waals surface area contributed by atoms with E-state index in [9.17, 15) is 15.0 Å². The molecule has 20 heavy (non-hydrogen) atoms. The van der Waals surface area contributed by atoms with Crippen LogP contribution in [-0.4, -0.2) is 32.8 Å². The van der Waals surface area contributed by atoms with Crippen molar-refractivity contribution in [1.29, 1.82) is 0 Å². The molecule has 110 valence electrons. The van der Waals surface area contributed by atoms with E-state index < -0.39 is 5.43 Å². The zero-order chi connectivity index (χ0) is 14.5. The van der Waals surface area contributed by atoms with E-state index in [2.05, 4.69) is 11.5 Å². The molecule has 1 aliphatic rings. The minimum atomic E-state index is -0.429. The average Bonchev–Trinajstić information content (AvgIpc) is 2.47. The van der Waals surface area contributed by atoms with E-state index >= 15 is 0 Å². The maximum atomic E-state index is 11.8. The van der Waals surface area contributed by atoms with Gasteiger partial charge >= 0.3 is 0 Å². The Morgan fingerprint density at radius 2 is 2.00 bits per heavy atom. The molecule has 0 spiro atoms. The van der Waals surface area contributed by atoms with Crippen LogP contribution in [0.25, 0.3) is 0 Å². The number of aliphatic hydroxyl groups is 1. The molecule has 0 amide bonds. The van der Waals surface area contributed by atoms with Crippen LogP contribution in [0, 0.1) is 0 Å². The fourth-order valence-electron chi connectivity index (χ4n) is 2.72. The highest BCUT2D eigenvalue weighted by Crippen LogP contribution is 2.20. The highest BCUT2D eigenvalue weighted by molar-refractivity contribution is 5.30. The van der Waals surface area contributed by atoms with E-state index in [-0.39, 0.29) is 12.4 Å². The second kappa shape index (κ2) is 6.72. The highest BCUT2D eigenvalue weighted by atomic mass is 16.3. The van der Waals surface area contributed by atoms with Crippen LogP contribution in [0.3, 0.4) is 0 Å². The van der Waals surface area contributed by atoms with E-state index in [1.807, 2.05) is 0 Å². The van der Waals surface area contributed by atoms with Crippen LogP contribution in [0.1, 0.15) is 30.7 Å². The van der Waals surface area contributed by atoms with E-state index in [1.54, 1.807) is 10.6 Å². The number of likely N-dealkylation sites (tertiary alicyclic amines) is 1. The Hall–Kier alpha value is -1.59. The van der Waals surface area contributed by atoms with Gasteiger partial charge in [0.15, 0.2) is 5.75 Å². The number of allylic oxidation sites excluding steroid dienone is 1. The van der Waals surface area contributed by atoms with Crippen molar-refractivity contribution in [3.63, 3.8) is 0 Å². The van der Waals surface area contributed by atoms with E-state index in [0.29, 0.717) is 24.5 Å². The van der Waals surface area contributed by atoms with Crippen molar-refractivity contribution < 1.29 is 10.2 Å². The van der Waals surface area contributed by atoms with E-state index in [1.165, 1.54) is 12.5 Å². The van der Waals surface area contributed by atoms with Gasteiger partial charge in [0.1, 0.15) is 0 Å². The minimum Gasteiger partial charge on any atom is -0.503 e. The SMILES string of the molecule is C=CCn1c(CO)cc(=O)c(O)c1CN1CCCCC1. The summed E-state index contributed by atoms with van der Waals surface area (Å²) in [6.45, 7) is 6.42. The van der Waals surface area contributed by atoms with Crippen molar-refractivity contribution in [2.45, 2.75) is 39.0 Å². The Morgan fingerprint density at radius 1 is 1.30 bits per heavy atom. The average molecular weight is 278 g/mol. The quantitative estimate of drug-likeness (QED) is 0.795. The molecule has 5 heteroatoms. The number of aromatic hydroxyl groups is 1. The molecular weight excluding hydrogens is 256 g/mol. The third-order valence-electron chi connectivity index (χ3n) is 3.77. The lowest BCUT2D eigenvalue weighted by Gasteiger charge is -2.28. The summed E-state index contributed by atoms with van der Waals surface area (Å²) < 4.78 is 1.78. The number of hydrogen-bond acceptors (Lipinski definition) is 4. The molecule has 1 fully saturated rings. The van der Waals surface area contributed by atoms with Gasteiger partial charge in [0.2, 0.25) is 5.43 Å². The smallest absolute Gasteiger partial charge is 0.223 e. The number of aromatic nitrogens is 1. The van der Waals surface area contributed by atoms with Gasteiger partial charge in [0.05, 0.1) is 12.3 Å². The summed E-state index contributed by atoms with van der Waals surface area (Å²) in [5, 5.41) is 19.5. The standard InChI is InChI=1S/C15H22N2O3/c1-2-6-17-12(11-18)9-14(19)15(20)13(17)10-16-7-4-3-5-8-16/h2,9,18,20H,1,3-8,10-11H2. The molecule has 1 aliphatic heterocycles. The second-order valence-electron chi connectivity index (χ2n) is 5.19. The Bertz CT molecular complexity index is 531. The fraction of sp³-hybridized carbons (Fsp3) is 0.533. The van der Waals surface area contributed by atoms with Crippen LogP contribution < -0.4 is 5.43 Å². The molecule has 0 unspecified atom stereocenters. The molecule has 2 rings (SSSR count). The van der Waals surface area contributed by atoms with Crippen LogP contribution in [0.4, 0.5) is 0 Å². The lowest BCUT2D eigenvalue weighted by molar-refractivity contribution is 0.210. The number of rotatable bonds is 5. The van der Waals surface area contributed by atoms with Crippen molar-refractivity contribution in [2.75, 3.05) is 13.1 Å². The Balaban J connectivity index is 2.39. The molecule has 1 saturated heterocycles. The zero-order valence-corrected chi connectivity index (χ0v) is 11.7. The Labute approximate surface area is 118 Å². The lowest BCUT2D eigenvalue weighted by Crippen LogP contribution is -2.31. The Morgan fingerprint density at radius 3 is 2.60 bits per heavy atom. The molecule has 0 bridgehead atoms. The van der Waals surface area contributed by atoms with E-state index in [4.69, 9.17) is 0 Å². The van der Waals surface area contributed by atoms with Gasteiger partial charge in [-0.15, -0.1) is 6.58 Å². The molecule has 2 heterocycles. The molecular formula is C15H22N2O3. The summed E-state index contributed by atoms with van der Waals surface area (Å²) in [6.07, 6.45) is 5.22. The first kappa shape index (κ1) is 14.8. The van der Waals surface area contributed by atoms with Crippen molar-refractivity contribution >= 4 is 0 Å². The summed E-state index contributed by atoms with van der Waals surface area (Å²) in [7, 11) is 0. The van der Waals surface area contributed by atoms with Crippen molar-refractivity contribution in [2.24, 2.45) is 0 Å². The van der Waals surface area contributed by atoms with Gasteiger partial charge in [-0.25, -0.2) is 0 Å². The Kier molecular flexibility index (Phi) is 4.98. The maximum Gasteiger partial charge on any atom is 0.223 e. The van der Waals surface area contributed by atoms with Crippen LogP contribution >= 0.6 is 0 Å². The first-order chi connectivity index (χ1) is 9.67. The number of piperidine rings is 1. The van der Waals surface area contributed by atoms with Crippen molar-refractivity contribution in [1.82, 2.24) is 9.47 Å². The van der Waals surface area contributed by atoms with Gasteiger partial charge < -0.3 is 14.8 Å². The lowest BCUT2D eigenvalue weighted by atomic mass is 10.1. The topological polar surface area (TPSA) is 65.7 Å². The molecule has 0 atom stereocenters. The number of hydrogen-bond donors (Lipinski definition) is 2. The van der Waals surface area contributed by atoms with Crippen LogP contribution in [0.2, 0.25) is 0 Å². The van der Waals surface area contributed by atoms with Gasteiger partial charge in [-0.3, -0.25) is 9.69 Å². The highest BCUT2D eigenvalue weighted by Gasteiger charge is 2.18. The normalized spacial score (nSPS) is 16.2. The van der Waals surface area contributed by atoms with Crippen LogP contribution in [-0.2, 0) is 19.7 Å². The first-order valence-electron chi connectivity index (χ1n) is 7.06. The zero-order valence-electron chi connectivity index (χ0n) is 11.7. The molecule has 2 N–H and O–H groups in total. The molecule has 0 saturated carbocycles. The fourth-order valence-corrected chi connectivity index (χ4v) is 2.72. The van der Waals surface area contributed by atoms with Crippen LogP contribution in [0.15, 0.2) is 23.5 Å². The van der Waals surface area contributed by atoms with E-state index in [0.717, 1.165) is 25.9 Å². The van der Waals surface area contributed by atoms with Gasteiger partial charge in [0.25, 0.3) is 0 Å². The molecule has 1 aromatic heterocycles. The predicted octanol–water partition coefficient (Wildman–Crippen LogP) is 1.22. The van der Waals surface area contributed by atoms with Gasteiger partial charge in [0, 0.05) is 24.8 Å². The summed E-state index contributed by atoms with van der Waals surface area (Å²) in [6, 6.07) is 1.29. The third-order valence-corrected chi connectivity index (χ3v) is 3.77. The van der Waals surface area contributed by atoms with Gasteiger partial charge in [-0.2, -0.15) is 0 Å². The molecule has 0 radical (unpaired) electrons. The molecule has 5 nitrogen and oxygen atoms in total. The first-order valence-corrected chi connectivity index (χ1v) is 7.06. The molecule has 1 aromatic rings. The summed E-state index contributed by atoms with van der Waals surface area (Å²) in [5.41, 5.74) is 0.657. The number of aliphatic hydroxyl groups excluding tert-OH is 1. The van der Waals surface area contributed by atoms with Gasteiger partial charge in [-0.1, -0.05) is 12.5 Å². The number of nitrogens with zero attached hydrogens (tertiary/aromatic N) is 2. The number of pyridine rings is 1. The summed E-state index contributed by atoms with van der Waals surface area (Å²) in [4.78, 5) is 14.0. The predicted molar refractivity (Wildman–Crippen MR) is 77.6 cm³/mol. The summed E-state index contributed by atoms with van der Waals surface area (Å²) in [5.74, 6) is -0.213.